The Morgan fingerprint density at radius 3 is 2.89 bits per heavy atom. The van der Waals surface area contributed by atoms with Gasteiger partial charge in [-0.25, -0.2) is 0 Å². The molecule has 4 N–H and O–H groups in total. The Balaban J connectivity index is 2.30. The van der Waals surface area contributed by atoms with Gasteiger partial charge >= 0.3 is 0 Å². The van der Waals surface area contributed by atoms with Gasteiger partial charge in [0.2, 0.25) is 0 Å². The molecular weight excluding hydrogens is 320 g/mol. The van der Waals surface area contributed by atoms with E-state index in [4.69, 9.17) is 17.3 Å². The van der Waals surface area contributed by atoms with E-state index in [1.807, 2.05) is 0 Å². The maximum Gasteiger partial charge on any atom is 0.261 e. The van der Waals surface area contributed by atoms with E-state index in [1.165, 1.54) is 0 Å². The lowest BCUT2D eigenvalue weighted by atomic mass is 10.2. The largest absolute Gasteiger partial charge is 0.382 e. The van der Waals surface area contributed by atoms with Gasteiger partial charge in [0.05, 0.1) is 10.7 Å². The molecule has 1 aromatic heterocycles. The van der Waals surface area contributed by atoms with Crippen LogP contribution in [-0.4, -0.2) is 16.1 Å². The Kier molecular flexibility index (Phi) is 3.58. The number of amides is 1. The second-order valence-electron chi connectivity index (χ2n) is 3.69. The van der Waals surface area contributed by atoms with E-state index >= 15 is 0 Å². The van der Waals surface area contributed by atoms with E-state index in [2.05, 4.69) is 31.4 Å². The summed E-state index contributed by atoms with van der Waals surface area (Å²) in [5.41, 5.74) is 7.06. The number of aromatic amines is 1. The molecule has 1 aromatic carbocycles. The zero-order valence-corrected chi connectivity index (χ0v) is 11.8. The molecule has 0 saturated carbocycles. The van der Waals surface area contributed by atoms with Crippen molar-refractivity contribution in [2.24, 2.45) is 0 Å². The number of nitrogens with two attached hydrogens (primary N) is 1. The number of benzene rings is 1. The van der Waals surface area contributed by atoms with Crippen molar-refractivity contribution in [3.8, 4) is 0 Å². The average Bonchev–Trinajstić information content (AvgIpc) is 2.63. The number of carbonyl (C=O) groups excluding carboxylic acids is 1. The minimum atomic E-state index is -0.348. The molecule has 2 aromatic rings. The van der Waals surface area contributed by atoms with Crippen molar-refractivity contribution in [2.45, 2.75) is 6.92 Å². The predicted molar refractivity (Wildman–Crippen MR) is 74.8 cm³/mol. The second-order valence-corrected chi connectivity index (χ2v) is 5.01. The second kappa shape index (κ2) is 4.99. The Labute approximate surface area is 117 Å². The molecule has 0 bridgehead atoms. The lowest BCUT2D eigenvalue weighted by Crippen LogP contribution is -2.14. The summed E-state index contributed by atoms with van der Waals surface area (Å²) in [5.74, 6) is -0.185. The van der Waals surface area contributed by atoms with E-state index < -0.39 is 0 Å². The first-order valence-corrected chi connectivity index (χ1v) is 6.23. The van der Waals surface area contributed by atoms with Crippen LogP contribution >= 0.6 is 27.5 Å². The lowest BCUT2D eigenvalue weighted by molar-refractivity contribution is 0.102. The number of aryl methyl sites for hydroxylation is 1. The standard InChI is InChI=1S/C11H10BrClN4O/c1-5-9(10(14)17-16-5)11(18)15-8-4-6(12)2-3-7(8)13/h2-4H,1H3,(H,15,18)(H3,14,16,17). The summed E-state index contributed by atoms with van der Waals surface area (Å²) < 4.78 is 0.819. The van der Waals surface area contributed by atoms with Crippen molar-refractivity contribution in [1.82, 2.24) is 10.2 Å². The molecule has 0 aliphatic carbocycles. The van der Waals surface area contributed by atoms with Gasteiger partial charge in [-0.1, -0.05) is 27.5 Å². The van der Waals surface area contributed by atoms with Crippen LogP contribution in [0, 0.1) is 6.92 Å². The summed E-state index contributed by atoms with van der Waals surface area (Å²) in [6, 6.07) is 5.19. The van der Waals surface area contributed by atoms with E-state index in [9.17, 15) is 4.79 Å². The van der Waals surface area contributed by atoms with Gasteiger partial charge in [0.1, 0.15) is 5.56 Å². The highest BCUT2D eigenvalue weighted by atomic mass is 79.9. The van der Waals surface area contributed by atoms with Crippen molar-refractivity contribution >= 4 is 44.9 Å². The lowest BCUT2D eigenvalue weighted by Gasteiger charge is -2.07. The molecule has 1 heterocycles. The monoisotopic (exact) mass is 328 g/mol. The Bertz CT molecular complexity index is 592. The molecular formula is C11H10BrClN4O. The molecule has 0 aliphatic rings. The summed E-state index contributed by atoms with van der Waals surface area (Å²) in [6.07, 6.45) is 0. The highest BCUT2D eigenvalue weighted by Crippen LogP contribution is 2.26. The van der Waals surface area contributed by atoms with Crippen molar-refractivity contribution in [3.63, 3.8) is 0 Å². The van der Waals surface area contributed by atoms with Crippen molar-refractivity contribution < 1.29 is 4.79 Å². The van der Waals surface area contributed by atoms with E-state index in [-0.39, 0.29) is 11.7 Å². The third kappa shape index (κ3) is 2.49. The van der Waals surface area contributed by atoms with Gasteiger partial charge in [0.25, 0.3) is 5.91 Å². The molecule has 0 spiro atoms. The number of nitrogens with one attached hydrogen (secondary N) is 2. The maximum atomic E-state index is 12.1. The SMILES string of the molecule is Cc1[nH]nc(N)c1C(=O)Nc1cc(Br)ccc1Cl. The number of hydrogen-bond donors (Lipinski definition) is 3. The van der Waals surface area contributed by atoms with Crippen molar-refractivity contribution in [2.75, 3.05) is 11.1 Å². The van der Waals surface area contributed by atoms with Crippen LogP contribution in [0.15, 0.2) is 22.7 Å². The van der Waals surface area contributed by atoms with Crippen molar-refractivity contribution in [1.29, 1.82) is 0 Å². The zero-order valence-electron chi connectivity index (χ0n) is 9.42. The number of anilines is 2. The number of rotatable bonds is 2. The molecule has 0 atom stereocenters. The molecule has 0 radical (unpaired) electrons. The van der Waals surface area contributed by atoms with E-state index in [0.717, 1.165) is 4.47 Å². The number of carbonyl (C=O) groups is 1. The molecule has 0 aliphatic heterocycles. The highest BCUT2D eigenvalue weighted by Gasteiger charge is 2.17. The first kappa shape index (κ1) is 12.9. The summed E-state index contributed by atoms with van der Waals surface area (Å²) >= 11 is 9.30. The summed E-state index contributed by atoms with van der Waals surface area (Å²) in [6.45, 7) is 1.72. The number of nitrogens with zero attached hydrogens (tertiary/aromatic N) is 1. The van der Waals surface area contributed by atoms with Gasteiger partial charge < -0.3 is 11.1 Å². The molecule has 2 rings (SSSR count). The van der Waals surface area contributed by atoms with Gasteiger partial charge in [-0.15, -0.1) is 0 Å². The maximum absolute atomic E-state index is 12.1. The number of hydrogen-bond acceptors (Lipinski definition) is 3. The van der Waals surface area contributed by atoms with Crippen LogP contribution in [-0.2, 0) is 0 Å². The van der Waals surface area contributed by atoms with Gasteiger partial charge in [-0.2, -0.15) is 5.10 Å². The average molecular weight is 330 g/mol. The quantitative estimate of drug-likeness (QED) is 0.792. The molecule has 18 heavy (non-hydrogen) atoms. The molecule has 94 valence electrons. The van der Waals surface area contributed by atoms with Crippen LogP contribution in [0.25, 0.3) is 0 Å². The number of H-pyrrole nitrogens is 1. The number of aromatic nitrogens is 2. The normalized spacial score (nSPS) is 10.4. The molecule has 5 nitrogen and oxygen atoms in total. The van der Waals surface area contributed by atoms with Gasteiger partial charge in [-0.05, 0) is 25.1 Å². The van der Waals surface area contributed by atoms with E-state index in [0.29, 0.717) is 22.0 Å². The van der Waals surface area contributed by atoms with Crippen LogP contribution in [0.3, 0.4) is 0 Å². The third-order valence-electron chi connectivity index (χ3n) is 2.38. The third-order valence-corrected chi connectivity index (χ3v) is 3.20. The van der Waals surface area contributed by atoms with Crippen LogP contribution in [0.5, 0.6) is 0 Å². The molecule has 7 heteroatoms. The summed E-state index contributed by atoms with van der Waals surface area (Å²) in [5, 5.41) is 9.56. The van der Waals surface area contributed by atoms with Crippen LogP contribution < -0.4 is 11.1 Å². The van der Waals surface area contributed by atoms with Crippen LogP contribution in [0.4, 0.5) is 11.5 Å². The minimum absolute atomic E-state index is 0.163. The highest BCUT2D eigenvalue weighted by molar-refractivity contribution is 9.10. The van der Waals surface area contributed by atoms with E-state index in [1.54, 1.807) is 25.1 Å². The van der Waals surface area contributed by atoms with Gasteiger partial charge in [0.15, 0.2) is 5.82 Å². The Hall–Kier alpha value is -1.53. The fraction of sp³-hybridized carbons (Fsp3) is 0.0909. The molecule has 0 fully saturated rings. The Morgan fingerprint density at radius 1 is 1.56 bits per heavy atom. The predicted octanol–water partition coefficient (Wildman–Crippen LogP) is 2.97. The fourth-order valence-corrected chi connectivity index (χ4v) is 2.04. The summed E-state index contributed by atoms with van der Waals surface area (Å²) in [7, 11) is 0. The van der Waals surface area contributed by atoms with Crippen LogP contribution in [0.1, 0.15) is 16.1 Å². The van der Waals surface area contributed by atoms with Crippen molar-refractivity contribution in [3.05, 3.63) is 39.0 Å². The Morgan fingerprint density at radius 2 is 2.28 bits per heavy atom. The molecule has 0 saturated heterocycles. The zero-order chi connectivity index (χ0) is 13.3. The first-order valence-electron chi connectivity index (χ1n) is 5.06. The van der Waals surface area contributed by atoms with Gasteiger partial charge in [0, 0.05) is 10.2 Å². The fourth-order valence-electron chi connectivity index (χ4n) is 1.51. The minimum Gasteiger partial charge on any atom is -0.382 e. The summed E-state index contributed by atoms with van der Waals surface area (Å²) in [4.78, 5) is 12.1. The topological polar surface area (TPSA) is 83.8 Å². The number of nitrogen functional groups attached to an aromatic ring is 1. The molecule has 1 amide bonds. The first-order chi connectivity index (χ1) is 8.49. The van der Waals surface area contributed by atoms with Gasteiger partial charge in [-0.3, -0.25) is 9.89 Å². The number of halogens is 2. The van der Waals surface area contributed by atoms with Crippen LogP contribution in [0.2, 0.25) is 5.02 Å². The molecule has 0 unspecified atom stereocenters. The smallest absolute Gasteiger partial charge is 0.261 e.